The van der Waals surface area contributed by atoms with Crippen LogP contribution in [-0.4, -0.2) is 12.1 Å². The standard InChI is InChI=1S/C23H45NO3/c1-2-3-4-5-6-7-8-9-10-11-12-13-14-15-16-17-18-19-20-21-22(25)27-23(24)26/h2-21H2,1H3,(H2,24,26). The highest BCUT2D eigenvalue weighted by atomic mass is 16.6. The Morgan fingerprint density at radius 2 is 0.852 bits per heavy atom. The van der Waals surface area contributed by atoms with Crippen LogP contribution in [-0.2, 0) is 9.53 Å². The van der Waals surface area contributed by atoms with Crippen LogP contribution < -0.4 is 5.73 Å². The minimum atomic E-state index is -1.00. The minimum Gasteiger partial charge on any atom is -0.376 e. The Labute approximate surface area is 168 Å². The van der Waals surface area contributed by atoms with Gasteiger partial charge in [0.1, 0.15) is 0 Å². The molecule has 0 saturated carbocycles. The molecule has 0 fully saturated rings. The van der Waals surface area contributed by atoms with Crippen LogP contribution in [0.2, 0.25) is 0 Å². The van der Waals surface area contributed by atoms with E-state index < -0.39 is 12.1 Å². The molecule has 4 nitrogen and oxygen atoms in total. The van der Waals surface area contributed by atoms with Gasteiger partial charge >= 0.3 is 12.1 Å². The third kappa shape index (κ3) is 22.9. The van der Waals surface area contributed by atoms with Crippen LogP contribution in [0.15, 0.2) is 0 Å². The molecular formula is C23H45NO3. The van der Waals surface area contributed by atoms with Crippen molar-refractivity contribution in [3.8, 4) is 0 Å². The summed E-state index contributed by atoms with van der Waals surface area (Å²) in [6.07, 6.45) is 24.5. The Hall–Kier alpha value is -1.06. The van der Waals surface area contributed by atoms with Gasteiger partial charge in [0.15, 0.2) is 0 Å². The Balaban J connectivity index is 3.07. The van der Waals surface area contributed by atoms with Crippen LogP contribution in [0, 0.1) is 0 Å². The van der Waals surface area contributed by atoms with Crippen molar-refractivity contribution < 1.29 is 14.3 Å². The van der Waals surface area contributed by atoms with Gasteiger partial charge in [0.25, 0.3) is 0 Å². The number of carbonyl (C=O) groups excluding carboxylic acids is 2. The van der Waals surface area contributed by atoms with Crippen molar-refractivity contribution in [3.63, 3.8) is 0 Å². The van der Waals surface area contributed by atoms with E-state index in [0.717, 1.165) is 19.3 Å². The molecule has 0 atom stereocenters. The van der Waals surface area contributed by atoms with Gasteiger partial charge in [0, 0.05) is 6.42 Å². The summed E-state index contributed by atoms with van der Waals surface area (Å²) in [6, 6.07) is 0. The molecule has 0 aliphatic heterocycles. The van der Waals surface area contributed by atoms with E-state index in [1.165, 1.54) is 103 Å². The number of amides is 1. The molecule has 0 radical (unpaired) electrons. The molecule has 1 amide bonds. The number of hydrogen-bond acceptors (Lipinski definition) is 3. The fourth-order valence-electron chi connectivity index (χ4n) is 3.51. The maximum absolute atomic E-state index is 11.1. The molecular weight excluding hydrogens is 338 g/mol. The van der Waals surface area contributed by atoms with E-state index in [2.05, 4.69) is 11.7 Å². The van der Waals surface area contributed by atoms with Gasteiger partial charge in [0.05, 0.1) is 0 Å². The first kappa shape index (κ1) is 25.9. The topological polar surface area (TPSA) is 69.4 Å². The Kier molecular flexibility index (Phi) is 20.4. The quantitative estimate of drug-likeness (QED) is 0.135. The van der Waals surface area contributed by atoms with Gasteiger partial charge in [-0.2, -0.15) is 0 Å². The number of unbranched alkanes of at least 4 members (excludes halogenated alkanes) is 18. The first-order valence-electron chi connectivity index (χ1n) is 11.7. The van der Waals surface area contributed by atoms with E-state index in [1.807, 2.05) is 0 Å². The number of rotatable bonds is 20. The molecule has 27 heavy (non-hydrogen) atoms. The minimum absolute atomic E-state index is 0.293. The van der Waals surface area contributed by atoms with Crippen molar-refractivity contribution in [1.29, 1.82) is 0 Å². The summed E-state index contributed by atoms with van der Waals surface area (Å²) in [5.74, 6) is -0.505. The molecule has 0 saturated heterocycles. The molecule has 0 aromatic carbocycles. The average molecular weight is 384 g/mol. The maximum atomic E-state index is 11.1. The molecule has 0 aromatic heterocycles. The molecule has 0 heterocycles. The first-order valence-corrected chi connectivity index (χ1v) is 11.7. The second-order valence-corrected chi connectivity index (χ2v) is 7.91. The van der Waals surface area contributed by atoms with Crippen molar-refractivity contribution in [2.24, 2.45) is 5.73 Å². The van der Waals surface area contributed by atoms with E-state index >= 15 is 0 Å². The van der Waals surface area contributed by atoms with Gasteiger partial charge < -0.3 is 10.5 Å². The molecule has 0 unspecified atom stereocenters. The normalized spacial score (nSPS) is 10.9. The molecule has 0 spiro atoms. The Bertz CT molecular complexity index is 345. The highest BCUT2D eigenvalue weighted by Gasteiger charge is 2.05. The molecule has 0 bridgehead atoms. The summed E-state index contributed by atoms with van der Waals surface area (Å²) in [4.78, 5) is 21.5. The summed E-state index contributed by atoms with van der Waals surface area (Å²) in [7, 11) is 0. The lowest BCUT2D eigenvalue weighted by Crippen LogP contribution is -2.18. The summed E-state index contributed by atoms with van der Waals surface area (Å²) in [5.41, 5.74) is 4.79. The van der Waals surface area contributed by atoms with Crippen molar-refractivity contribution in [2.45, 2.75) is 135 Å². The van der Waals surface area contributed by atoms with Gasteiger partial charge in [0.2, 0.25) is 0 Å². The highest BCUT2D eigenvalue weighted by Crippen LogP contribution is 2.14. The molecule has 0 rings (SSSR count). The van der Waals surface area contributed by atoms with Gasteiger partial charge in [-0.15, -0.1) is 0 Å². The van der Waals surface area contributed by atoms with E-state index in [1.54, 1.807) is 0 Å². The highest BCUT2D eigenvalue weighted by molar-refractivity contribution is 5.83. The van der Waals surface area contributed by atoms with Gasteiger partial charge in [-0.1, -0.05) is 122 Å². The average Bonchev–Trinajstić information content (AvgIpc) is 2.63. The van der Waals surface area contributed by atoms with Gasteiger partial charge in [-0.05, 0) is 6.42 Å². The van der Waals surface area contributed by atoms with Crippen molar-refractivity contribution in [2.75, 3.05) is 0 Å². The molecule has 2 N–H and O–H groups in total. The zero-order valence-electron chi connectivity index (χ0n) is 17.9. The van der Waals surface area contributed by atoms with Crippen LogP contribution in [0.25, 0.3) is 0 Å². The van der Waals surface area contributed by atoms with Crippen molar-refractivity contribution >= 4 is 12.1 Å². The lowest BCUT2D eigenvalue weighted by atomic mass is 10.0. The zero-order valence-corrected chi connectivity index (χ0v) is 17.9. The number of ether oxygens (including phenoxy) is 1. The second kappa shape index (κ2) is 21.2. The predicted molar refractivity (Wildman–Crippen MR) is 114 cm³/mol. The first-order chi connectivity index (χ1) is 13.2. The van der Waals surface area contributed by atoms with E-state index in [9.17, 15) is 9.59 Å². The second-order valence-electron chi connectivity index (χ2n) is 7.91. The predicted octanol–water partition coefficient (Wildman–Crippen LogP) is 7.43. The summed E-state index contributed by atoms with van der Waals surface area (Å²) in [6.45, 7) is 2.28. The summed E-state index contributed by atoms with van der Waals surface area (Å²) < 4.78 is 4.29. The maximum Gasteiger partial charge on any atom is 0.412 e. The monoisotopic (exact) mass is 383 g/mol. The molecule has 0 aromatic rings. The Morgan fingerprint density at radius 1 is 0.556 bits per heavy atom. The zero-order chi connectivity index (χ0) is 20.0. The number of hydrogen-bond donors (Lipinski definition) is 1. The molecule has 0 aliphatic carbocycles. The molecule has 4 heteroatoms. The third-order valence-electron chi connectivity index (χ3n) is 5.20. The number of primary amides is 1. The van der Waals surface area contributed by atoms with E-state index in [4.69, 9.17) is 5.73 Å². The van der Waals surface area contributed by atoms with Crippen LogP contribution in [0.3, 0.4) is 0 Å². The Morgan fingerprint density at radius 3 is 1.15 bits per heavy atom. The number of esters is 1. The number of nitrogens with two attached hydrogens (primary N) is 1. The van der Waals surface area contributed by atoms with Crippen LogP contribution >= 0.6 is 0 Å². The van der Waals surface area contributed by atoms with Crippen LogP contribution in [0.4, 0.5) is 4.79 Å². The summed E-state index contributed by atoms with van der Waals surface area (Å²) >= 11 is 0. The fraction of sp³-hybridized carbons (Fsp3) is 0.913. The van der Waals surface area contributed by atoms with E-state index in [-0.39, 0.29) is 0 Å². The fourth-order valence-corrected chi connectivity index (χ4v) is 3.51. The largest absolute Gasteiger partial charge is 0.412 e. The summed E-state index contributed by atoms with van der Waals surface area (Å²) in [5, 5.41) is 0. The van der Waals surface area contributed by atoms with Crippen molar-refractivity contribution in [1.82, 2.24) is 0 Å². The van der Waals surface area contributed by atoms with Crippen LogP contribution in [0.5, 0.6) is 0 Å². The molecule has 0 aliphatic rings. The lowest BCUT2D eigenvalue weighted by molar-refractivity contribution is -0.137. The van der Waals surface area contributed by atoms with Gasteiger partial charge in [-0.25, -0.2) is 4.79 Å². The smallest absolute Gasteiger partial charge is 0.376 e. The van der Waals surface area contributed by atoms with Crippen molar-refractivity contribution in [3.05, 3.63) is 0 Å². The molecule has 160 valence electrons. The number of carbonyl (C=O) groups is 2. The SMILES string of the molecule is CCCCCCCCCCCCCCCCCCCCCC(=O)OC(N)=O. The van der Waals surface area contributed by atoms with Gasteiger partial charge in [-0.3, -0.25) is 4.79 Å². The lowest BCUT2D eigenvalue weighted by Gasteiger charge is -2.04. The van der Waals surface area contributed by atoms with E-state index in [0.29, 0.717) is 6.42 Å². The third-order valence-corrected chi connectivity index (χ3v) is 5.20. The van der Waals surface area contributed by atoms with Crippen LogP contribution in [0.1, 0.15) is 135 Å².